The lowest BCUT2D eigenvalue weighted by Crippen LogP contribution is -2.35. The molecule has 5 nitrogen and oxygen atoms in total. The molecule has 1 aromatic rings. The summed E-state index contributed by atoms with van der Waals surface area (Å²) in [5, 5.41) is 9.60. The number of hydrogen-bond acceptors (Lipinski definition) is 5. The van der Waals surface area contributed by atoms with Crippen molar-refractivity contribution < 1.29 is 19.4 Å². The molecule has 1 atom stereocenters. The molecule has 0 saturated heterocycles. The van der Waals surface area contributed by atoms with Gasteiger partial charge in [-0.2, -0.15) is 0 Å². The van der Waals surface area contributed by atoms with E-state index in [0.717, 1.165) is 5.75 Å². The molecule has 0 aliphatic heterocycles. The molecular weight excluding hydrogens is 258 g/mol. The second kappa shape index (κ2) is 8.68. The molecular formula is C15H23NO4. The first-order chi connectivity index (χ1) is 9.56. The normalized spacial score (nSPS) is 12.4. The highest BCUT2D eigenvalue weighted by Gasteiger charge is 2.13. The standard InChI is InChI=1S/C15H23NO4/c1-4-20-14-7-5-12(6-8-14)15(18)10-16(2)9-13(17)11-19-3/h5-8,13,17H,4,9-11H2,1-3H3. The van der Waals surface area contributed by atoms with E-state index in [1.807, 2.05) is 6.92 Å². The summed E-state index contributed by atoms with van der Waals surface area (Å²) in [5.41, 5.74) is 0.640. The molecule has 20 heavy (non-hydrogen) atoms. The lowest BCUT2D eigenvalue weighted by atomic mass is 10.1. The van der Waals surface area contributed by atoms with Crippen LogP contribution in [-0.2, 0) is 4.74 Å². The summed E-state index contributed by atoms with van der Waals surface area (Å²) in [6.45, 7) is 3.44. The fourth-order valence-corrected chi connectivity index (χ4v) is 1.91. The van der Waals surface area contributed by atoms with E-state index in [2.05, 4.69) is 0 Å². The van der Waals surface area contributed by atoms with Crippen LogP contribution in [0.25, 0.3) is 0 Å². The van der Waals surface area contributed by atoms with Crippen molar-refractivity contribution in [2.24, 2.45) is 0 Å². The number of benzene rings is 1. The van der Waals surface area contributed by atoms with Crippen LogP contribution in [0.15, 0.2) is 24.3 Å². The van der Waals surface area contributed by atoms with Gasteiger partial charge in [0.25, 0.3) is 0 Å². The molecule has 1 rings (SSSR count). The van der Waals surface area contributed by atoms with Crippen molar-refractivity contribution in [2.75, 3.05) is 40.5 Å². The van der Waals surface area contributed by atoms with Gasteiger partial charge in [-0.05, 0) is 38.2 Å². The van der Waals surface area contributed by atoms with Gasteiger partial charge in [-0.3, -0.25) is 9.69 Å². The Labute approximate surface area is 120 Å². The Morgan fingerprint density at radius 1 is 1.35 bits per heavy atom. The molecule has 0 spiro atoms. The topological polar surface area (TPSA) is 59.0 Å². The van der Waals surface area contributed by atoms with E-state index in [1.54, 1.807) is 36.2 Å². The second-order valence-electron chi connectivity index (χ2n) is 4.69. The van der Waals surface area contributed by atoms with Crippen LogP contribution in [0.2, 0.25) is 0 Å². The zero-order valence-electron chi connectivity index (χ0n) is 12.3. The minimum atomic E-state index is -0.585. The summed E-state index contributed by atoms with van der Waals surface area (Å²) in [6, 6.07) is 7.09. The summed E-state index contributed by atoms with van der Waals surface area (Å²) < 4.78 is 10.2. The van der Waals surface area contributed by atoms with Gasteiger partial charge in [0.05, 0.1) is 25.9 Å². The van der Waals surface area contributed by atoms with Gasteiger partial charge >= 0.3 is 0 Å². The van der Waals surface area contributed by atoms with E-state index in [-0.39, 0.29) is 18.9 Å². The van der Waals surface area contributed by atoms with Gasteiger partial charge < -0.3 is 14.6 Å². The Bertz CT molecular complexity index is 405. The average Bonchev–Trinajstić information content (AvgIpc) is 2.39. The number of likely N-dealkylation sites (N-methyl/N-ethyl adjacent to an activating group) is 1. The molecule has 0 fully saturated rings. The number of Topliss-reactive ketones (excluding diaryl/α,β-unsaturated/α-hetero) is 1. The highest BCUT2D eigenvalue weighted by molar-refractivity contribution is 5.97. The summed E-state index contributed by atoms with van der Waals surface area (Å²) >= 11 is 0. The summed E-state index contributed by atoms with van der Waals surface area (Å²) in [4.78, 5) is 13.8. The molecule has 1 unspecified atom stereocenters. The Kier molecular flexibility index (Phi) is 7.22. The number of aliphatic hydroxyl groups is 1. The molecule has 0 aliphatic carbocycles. The Hall–Kier alpha value is -1.43. The lowest BCUT2D eigenvalue weighted by molar-refractivity contribution is 0.0427. The molecule has 0 amide bonds. The number of methoxy groups -OCH3 is 1. The maximum atomic E-state index is 12.1. The largest absolute Gasteiger partial charge is 0.494 e. The molecule has 1 N–H and O–H groups in total. The Morgan fingerprint density at radius 3 is 2.55 bits per heavy atom. The minimum Gasteiger partial charge on any atom is -0.494 e. The molecule has 1 aromatic carbocycles. The molecule has 0 heterocycles. The minimum absolute atomic E-state index is 0.0140. The third-order valence-electron chi connectivity index (χ3n) is 2.78. The number of ether oxygens (including phenoxy) is 2. The van der Waals surface area contributed by atoms with Crippen LogP contribution in [-0.4, -0.2) is 62.4 Å². The Balaban J connectivity index is 2.49. The predicted molar refractivity (Wildman–Crippen MR) is 77.3 cm³/mol. The monoisotopic (exact) mass is 281 g/mol. The van der Waals surface area contributed by atoms with Crippen molar-refractivity contribution in [3.8, 4) is 5.75 Å². The fraction of sp³-hybridized carbons (Fsp3) is 0.533. The molecule has 0 aliphatic rings. The zero-order chi connectivity index (χ0) is 15.0. The van der Waals surface area contributed by atoms with Crippen LogP contribution < -0.4 is 4.74 Å². The van der Waals surface area contributed by atoms with Gasteiger partial charge in [-0.1, -0.05) is 0 Å². The van der Waals surface area contributed by atoms with Crippen LogP contribution in [0.1, 0.15) is 17.3 Å². The first-order valence-electron chi connectivity index (χ1n) is 6.68. The molecule has 0 bridgehead atoms. The summed E-state index contributed by atoms with van der Waals surface area (Å²) in [6.07, 6.45) is -0.585. The van der Waals surface area contributed by atoms with Crippen LogP contribution in [0.4, 0.5) is 0 Å². The van der Waals surface area contributed by atoms with Crippen LogP contribution in [0, 0.1) is 0 Å². The first kappa shape index (κ1) is 16.6. The molecule has 112 valence electrons. The van der Waals surface area contributed by atoms with Crippen molar-refractivity contribution >= 4 is 5.78 Å². The van der Waals surface area contributed by atoms with Gasteiger partial charge in [0, 0.05) is 19.2 Å². The maximum absolute atomic E-state index is 12.1. The van der Waals surface area contributed by atoms with E-state index in [9.17, 15) is 9.90 Å². The van der Waals surface area contributed by atoms with Crippen molar-refractivity contribution in [3.63, 3.8) is 0 Å². The van der Waals surface area contributed by atoms with Crippen LogP contribution in [0.5, 0.6) is 5.75 Å². The average molecular weight is 281 g/mol. The number of aliphatic hydroxyl groups excluding tert-OH is 1. The zero-order valence-corrected chi connectivity index (χ0v) is 12.3. The predicted octanol–water partition coefficient (Wildman–Crippen LogP) is 1.21. The van der Waals surface area contributed by atoms with Crippen LogP contribution in [0.3, 0.4) is 0 Å². The smallest absolute Gasteiger partial charge is 0.176 e. The maximum Gasteiger partial charge on any atom is 0.176 e. The van der Waals surface area contributed by atoms with Crippen molar-refractivity contribution in [3.05, 3.63) is 29.8 Å². The van der Waals surface area contributed by atoms with Gasteiger partial charge in [0.2, 0.25) is 0 Å². The summed E-state index contributed by atoms with van der Waals surface area (Å²) in [7, 11) is 3.33. The van der Waals surface area contributed by atoms with E-state index in [1.165, 1.54) is 7.11 Å². The highest BCUT2D eigenvalue weighted by Crippen LogP contribution is 2.12. The SMILES string of the molecule is CCOc1ccc(C(=O)CN(C)CC(O)COC)cc1. The van der Waals surface area contributed by atoms with Crippen molar-refractivity contribution in [2.45, 2.75) is 13.0 Å². The number of rotatable bonds is 9. The fourth-order valence-electron chi connectivity index (χ4n) is 1.91. The quantitative estimate of drug-likeness (QED) is 0.689. The number of nitrogens with zero attached hydrogens (tertiary/aromatic N) is 1. The lowest BCUT2D eigenvalue weighted by Gasteiger charge is -2.19. The van der Waals surface area contributed by atoms with Crippen LogP contribution >= 0.6 is 0 Å². The first-order valence-corrected chi connectivity index (χ1v) is 6.68. The third kappa shape index (κ3) is 5.69. The third-order valence-corrected chi connectivity index (χ3v) is 2.78. The Morgan fingerprint density at radius 2 is 2.00 bits per heavy atom. The highest BCUT2D eigenvalue weighted by atomic mass is 16.5. The van der Waals surface area contributed by atoms with Gasteiger partial charge in [-0.15, -0.1) is 0 Å². The van der Waals surface area contributed by atoms with E-state index in [0.29, 0.717) is 18.7 Å². The van der Waals surface area contributed by atoms with Crippen molar-refractivity contribution in [1.82, 2.24) is 4.90 Å². The number of ketones is 1. The summed E-state index contributed by atoms with van der Waals surface area (Å²) in [5.74, 6) is 0.771. The molecule has 0 aromatic heterocycles. The number of hydrogen-bond donors (Lipinski definition) is 1. The number of carbonyl (C=O) groups excluding carboxylic acids is 1. The van der Waals surface area contributed by atoms with Gasteiger partial charge in [-0.25, -0.2) is 0 Å². The van der Waals surface area contributed by atoms with Gasteiger partial charge in [0.1, 0.15) is 5.75 Å². The van der Waals surface area contributed by atoms with Crippen molar-refractivity contribution in [1.29, 1.82) is 0 Å². The molecule has 0 radical (unpaired) electrons. The second-order valence-corrected chi connectivity index (χ2v) is 4.69. The van der Waals surface area contributed by atoms with E-state index in [4.69, 9.17) is 9.47 Å². The molecule has 5 heteroatoms. The number of carbonyl (C=O) groups is 1. The molecule has 0 saturated carbocycles. The van der Waals surface area contributed by atoms with E-state index < -0.39 is 6.10 Å². The van der Waals surface area contributed by atoms with E-state index >= 15 is 0 Å². The van der Waals surface area contributed by atoms with Gasteiger partial charge in [0.15, 0.2) is 5.78 Å².